The van der Waals surface area contributed by atoms with Gasteiger partial charge in [-0.15, -0.1) is 0 Å². The molecule has 0 radical (unpaired) electrons. The molecule has 3 aromatic carbocycles. The molecule has 0 saturated heterocycles. The number of rotatable bonds is 5. The predicted molar refractivity (Wildman–Crippen MR) is 140 cm³/mol. The van der Waals surface area contributed by atoms with E-state index in [9.17, 15) is 14.0 Å². The molecule has 4 aromatic rings. The average molecular weight is 480 g/mol. The van der Waals surface area contributed by atoms with E-state index in [1.54, 1.807) is 24.1 Å². The molecule has 1 aromatic heterocycles. The molecule has 6 heteroatoms. The maximum absolute atomic E-state index is 14.7. The number of pyridine rings is 1. The number of carbonyl (C=O) groups excluding carboxylic acids is 2. The van der Waals surface area contributed by atoms with Crippen molar-refractivity contribution in [3.63, 3.8) is 0 Å². The summed E-state index contributed by atoms with van der Waals surface area (Å²) in [5, 5.41) is 2.94. The van der Waals surface area contributed by atoms with Gasteiger partial charge >= 0.3 is 0 Å². The van der Waals surface area contributed by atoms with E-state index in [0.29, 0.717) is 24.2 Å². The smallest absolute Gasteiger partial charge is 0.256 e. The molecule has 2 heterocycles. The zero-order valence-electron chi connectivity index (χ0n) is 20.2. The van der Waals surface area contributed by atoms with Crippen LogP contribution in [0.1, 0.15) is 32.7 Å². The summed E-state index contributed by atoms with van der Waals surface area (Å²) in [6.45, 7) is 4.14. The van der Waals surface area contributed by atoms with E-state index >= 15 is 0 Å². The fourth-order valence-corrected chi connectivity index (χ4v) is 4.72. The van der Waals surface area contributed by atoms with Crippen LogP contribution in [0.5, 0.6) is 0 Å². The fraction of sp³-hybridized carbons (Fsp3) is 0.167. The van der Waals surface area contributed by atoms with Crippen LogP contribution in [0.4, 0.5) is 15.8 Å². The van der Waals surface area contributed by atoms with Crippen LogP contribution in [-0.4, -0.2) is 23.3 Å². The van der Waals surface area contributed by atoms with Crippen molar-refractivity contribution in [3.8, 4) is 11.1 Å². The lowest BCUT2D eigenvalue weighted by Crippen LogP contribution is -2.30. The van der Waals surface area contributed by atoms with E-state index < -0.39 is 5.82 Å². The van der Waals surface area contributed by atoms with Crippen molar-refractivity contribution in [2.45, 2.75) is 26.7 Å². The van der Waals surface area contributed by atoms with Crippen molar-refractivity contribution >= 4 is 23.2 Å². The van der Waals surface area contributed by atoms with Crippen LogP contribution in [0, 0.1) is 19.7 Å². The molecule has 1 aliphatic rings. The zero-order chi connectivity index (χ0) is 25.2. The van der Waals surface area contributed by atoms with E-state index in [4.69, 9.17) is 0 Å². The van der Waals surface area contributed by atoms with Gasteiger partial charge in [0.25, 0.3) is 5.91 Å². The number of halogens is 1. The Balaban J connectivity index is 1.39. The standard InChI is InChI=1S/C30H26FN3O2/c1-19-20(2)29(21-8-4-3-5-9-21)25(18-26(19)31)30(36)33-24-11-12-27-22(16-24)13-15-34(27)28(35)17-23-10-6-7-14-32-23/h3-12,14,16,18H,13,15,17H2,1-2H3,(H,33,36). The minimum Gasteiger partial charge on any atom is -0.322 e. The van der Waals surface area contributed by atoms with Gasteiger partial charge in [-0.3, -0.25) is 14.6 Å². The Labute approximate surface area is 209 Å². The lowest BCUT2D eigenvalue weighted by molar-refractivity contribution is -0.117. The number of nitrogens with zero attached hydrogens (tertiary/aromatic N) is 2. The Hall–Kier alpha value is -4.32. The Kier molecular flexibility index (Phi) is 6.34. The molecule has 36 heavy (non-hydrogen) atoms. The first kappa shape index (κ1) is 23.4. The predicted octanol–water partition coefficient (Wildman–Crippen LogP) is 5.89. The van der Waals surface area contributed by atoms with Crippen LogP contribution in [0.15, 0.2) is 79.0 Å². The van der Waals surface area contributed by atoms with Gasteiger partial charge in [0.1, 0.15) is 5.82 Å². The van der Waals surface area contributed by atoms with Crippen molar-refractivity contribution < 1.29 is 14.0 Å². The van der Waals surface area contributed by atoms with E-state index in [0.717, 1.165) is 33.6 Å². The third kappa shape index (κ3) is 4.50. The summed E-state index contributed by atoms with van der Waals surface area (Å²) in [5.74, 6) is -0.799. The lowest BCUT2D eigenvalue weighted by atomic mass is 9.91. The van der Waals surface area contributed by atoms with Crippen LogP contribution in [-0.2, 0) is 17.6 Å². The minimum absolute atomic E-state index is 0.0117. The van der Waals surface area contributed by atoms with E-state index in [2.05, 4.69) is 10.3 Å². The molecule has 0 bridgehead atoms. The topological polar surface area (TPSA) is 62.3 Å². The molecule has 0 saturated carbocycles. The van der Waals surface area contributed by atoms with Crippen LogP contribution >= 0.6 is 0 Å². The molecule has 0 atom stereocenters. The van der Waals surface area contributed by atoms with Gasteiger partial charge in [-0.2, -0.15) is 0 Å². The molecule has 1 N–H and O–H groups in total. The van der Waals surface area contributed by atoms with Crippen LogP contribution in [0.3, 0.4) is 0 Å². The Bertz CT molecular complexity index is 1450. The van der Waals surface area contributed by atoms with Gasteiger partial charge in [0.05, 0.1) is 12.0 Å². The van der Waals surface area contributed by atoms with Crippen molar-refractivity contribution in [1.82, 2.24) is 4.98 Å². The first-order valence-electron chi connectivity index (χ1n) is 11.9. The van der Waals surface area contributed by atoms with Crippen LogP contribution < -0.4 is 10.2 Å². The number of benzene rings is 3. The minimum atomic E-state index is -0.409. The maximum Gasteiger partial charge on any atom is 0.256 e. The van der Waals surface area contributed by atoms with Gasteiger partial charge in [0.2, 0.25) is 5.91 Å². The second-order valence-electron chi connectivity index (χ2n) is 8.99. The van der Waals surface area contributed by atoms with Crippen molar-refractivity contribution in [3.05, 3.63) is 113 Å². The summed E-state index contributed by atoms with van der Waals surface area (Å²) < 4.78 is 14.7. The third-order valence-corrected chi connectivity index (χ3v) is 6.74. The summed E-state index contributed by atoms with van der Waals surface area (Å²) in [6, 6.07) is 21.9. The number of carbonyl (C=O) groups is 2. The maximum atomic E-state index is 14.7. The van der Waals surface area contributed by atoms with E-state index in [1.165, 1.54) is 6.07 Å². The molecule has 0 spiro atoms. The Morgan fingerprint density at radius 3 is 2.50 bits per heavy atom. The van der Waals surface area contributed by atoms with Gasteiger partial charge in [-0.1, -0.05) is 36.4 Å². The highest BCUT2D eigenvalue weighted by atomic mass is 19.1. The molecule has 0 aliphatic carbocycles. The molecular weight excluding hydrogens is 453 g/mol. The second-order valence-corrected chi connectivity index (χ2v) is 8.99. The molecule has 5 rings (SSSR count). The summed E-state index contributed by atoms with van der Waals surface area (Å²) >= 11 is 0. The highest BCUT2D eigenvalue weighted by molar-refractivity contribution is 6.09. The summed E-state index contributed by atoms with van der Waals surface area (Å²) in [5.41, 5.74) is 6.30. The number of hydrogen-bond donors (Lipinski definition) is 1. The SMILES string of the molecule is Cc1c(F)cc(C(=O)Nc2ccc3c(c2)CCN3C(=O)Cc2ccccn2)c(-c2ccccc2)c1C. The monoisotopic (exact) mass is 479 g/mol. The number of hydrogen-bond acceptors (Lipinski definition) is 3. The quantitative estimate of drug-likeness (QED) is 0.388. The number of amides is 2. The van der Waals surface area contributed by atoms with E-state index in [-0.39, 0.29) is 23.8 Å². The number of nitrogens with one attached hydrogen (secondary N) is 1. The molecule has 180 valence electrons. The van der Waals surface area contributed by atoms with Gasteiger partial charge in [0, 0.05) is 29.8 Å². The number of fused-ring (bicyclic) bond motifs is 1. The number of anilines is 2. The summed E-state index contributed by atoms with van der Waals surface area (Å²) in [7, 11) is 0. The zero-order valence-corrected chi connectivity index (χ0v) is 20.2. The molecule has 0 unspecified atom stereocenters. The first-order valence-corrected chi connectivity index (χ1v) is 11.9. The first-order chi connectivity index (χ1) is 17.4. The fourth-order valence-electron chi connectivity index (χ4n) is 4.72. The second kappa shape index (κ2) is 9.74. The van der Waals surface area contributed by atoms with Crippen LogP contribution in [0.25, 0.3) is 11.1 Å². The molecule has 1 aliphatic heterocycles. The van der Waals surface area contributed by atoms with Crippen molar-refractivity contribution in [2.24, 2.45) is 0 Å². The molecule has 0 fully saturated rings. The Morgan fingerprint density at radius 1 is 0.972 bits per heavy atom. The molecule has 5 nitrogen and oxygen atoms in total. The summed E-state index contributed by atoms with van der Waals surface area (Å²) in [6.07, 6.45) is 2.61. The average Bonchev–Trinajstić information content (AvgIpc) is 3.31. The van der Waals surface area contributed by atoms with Gasteiger partial charge in [-0.05, 0) is 84.5 Å². The van der Waals surface area contributed by atoms with Crippen LogP contribution in [0.2, 0.25) is 0 Å². The summed E-state index contributed by atoms with van der Waals surface area (Å²) in [4.78, 5) is 32.2. The number of aromatic nitrogens is 1. The van der Waals surface area contributed by atoms with Gasteiger partial charge in [-0.25, -0.2) is 4.39 Å². The van der Waals surface area contributed by atoms with Gasteiger partial charge < -0.3 is 10.2 Å². The van der Waals surface area contributed by atoms with Crippen molar-refractivity contribution in [2.75, 3.05) is 16.8 Å². The van der Waals surface area contributed by atoms with E-state index in [1.807, 2.05) is 67.6 Å². The highest BCUT2D eigenvalue weighted by Gasteiger charge is 2.26. The molecular formula is C30H26FN3O2. The highest BCUT2D eigenvalue weighted by Crippen LogP contribution is 2.34. The lowest BCUT2D eigenvalue weighted by Gasteiger charge is -2.18. The Morgan fingerprint density at radius 2 is 1.75 bits per heavy atom. The molecule has 2 amide bonds. The van der Waals surface area contributed by atoms with Crippen molar-refractivity contribution in [1.29, 1.82) is 0 Å². The third-order valence-electron chi connectivity index (χ3n) is 6.74. The normalized spacial score (nSPS) is 12.4. The van der Waals surface area contributed by atoms with Gasteiger partial charge in [0.15, 0.2) is 0 Å². The largest absolute Gasteiger partial charge is 0.322 e.